The SMILES string of the molecule is CCC(NC)c1ccc(-c2cccc3cccnc23)cc1. The summed E-state index contributed by atoms with van der Waals surface area (Å²) in [5, 5.41) is 4.53. The molecule has 0 spiro atoms. The molecule has 0 radical (unpaired) electrons. The van der Waals surface area contributed by atoms with Crippen LogP contribution in [0.1, 0.15) is 24.9 Å². The van der Waals surface area contributed by atoms with E-state index in [1.54, 1.807) is 0 Å². The van der Waals surface area contributed by atoms with Crippen LogP contribution in [0.4, 0.5) is 0 Å². The zero-order valence-corrected chi connectivity index (χ0v) is 12.5. The Morgan fingerprint density at radius 2 is 1.76 bits per heavy atom. The Hall–Kier alpha value is -2.19. The molecule has 2 aromatic carbocycles. The lowest BCUT2D eigenvalue weighted by Crippen LogP contribution is -2.14. The van der Waals surface area contributed by atoms with Crippen molar-refractivity contribution in [3.63, 3.8) is 0 Å². The van der Waals surface area contributed by atoms with Gasteiger partial charge in [-0.3, -0.25) is 4.98 Å². The van der Waals surface area contributed by atoms with Crippen molar-refractivity contribution < 1.29 is 0 Å². The van der Waals surface area contributed by atoms with Crippen LogP contribution < -0.4 is 5.32 Å². The molecule has 0 saturated carbocycles. The molecule has 1 heterocycles. The van der Waals surface area contributed by atoms with E-state index in [1.165, 1.54) is 22.1 Å². The van der Waals surface area contributed by atoms with E-state index in [9.17, 15) is 0 Å². The van der Waals surface area contributed by atoms with Gasteiger partial charge in [0.2, 0.25) is 0 Å². The van der Waals surface area contributed by atoms with Gasteiger partial charge in [0.25, 0.3) is 0 Å². The van der Waals surface area contributed by atoms with Gasteiger partial charge in [-0.05, 0) is 30.7 Å². The number of pyridine rings is 1. The largest absolute Gasteiger partial charge is 0.313 e. The van der Waals surface area contributed by atoms with E-state index in [-0.39, 0.29) is 0 Å². The molecule has 0 aliphatic rings. The highest BCUT2D eigenvalue weighted by Gasteiger charge is 2.08. The van der Waals surface area contributed by atoms with Crippen molar-refractivity contribution in [2.45, 2.75) is 19.4 Å². The second-order valence-corrected chi connectivity index (χ2v) is 5.25. The molecule has 2 heteroatoms. The number of hydrogen-bond donors (Lipinski definition) is 1. The Morgan fingerprint density at radius 3 is 2.48 bits per heavy atom. The van der Waals surface area contributed by atoms with Crippen molar-refractivity contribution in [3.05, 3.63) is 66.4 Å². The number of hydrogen-bond acceptors (Lipinski definition) is 2. The van der Waals surface area contributed by atoms with Gasteiger partial charge >= 0.3 is 0 Å². The first-order valence-electron chi connectivity index (χ1n) is 7.45. The maximum absolute atomic E-state index is 4.54. The number of fused-ring (bicyclic) bond motifs is 1. The second kappa shape index (κ2) is 6.06. The summed E-state index contributed by atoms with van der Waals surface area (Å²) in [4.78, 5) is 4.54. The van der Waals surface area contributed by atoms with Crippen LogP contribution in [0.2, 0.25) is 0 Å². The topological polar surface area (TPSA) is 24.9 Å². The fourth-order valence-corrected chi connectivity index (χ4v) is 2.84. The van der Waals surface area contributed by atoms with Crippen LogP contribution in [0.3, 0.4) is 0 Å². The summed E-state index contributed by atoms with van der Waals surface area (Å²) in [6.07, 6.45) is 2.94. The number of aromatic nitrogens is 1. The zero-order chi connectivity index (χ0) is 14.7. The Balaban J connectivity index is 2.03. The number of rotatable bonds is 4. The minimum atomic E-state index is 0.421. The van der Waals surface area contributed by atoms with E-state index >= 15 is 0 Å². The number of benzene rings is 2. The van der Waals surface area contributed by atoms with Gasteiger partial charge in [-0.2, -0.15) is 0 Å². The van der Waals surface area contributed by atoms with Crippen molar-refractivity contribution >= 4 is 10.9 Å². The highest BCUT2D eigenvalue weighted by Crippen LogP contribution is 2.28. The van der Waals surface area contributed by atoms with Gasteiger partial charge in [0.15, 0.2) is 0 Å². The standard InChI is InChI=1S/C19H20N2/c1-3-18(20-2)15-11-9-14(10-12-15)17-8-4-6-16-7-5-13-21-19(16)17/h4-13,18,20H,3H2,1-2H3. The summed E-state index contributed by atoms with van der Waals surface area (Å²) in [5.74, 6) is 0. The molecule has 3 rings (SSSR count). The maximum atomic E-state index is 4.54. The van der Waals surface area contributed by atoms with Crippen LogP contribution in [0.5, 0.6) is 0 Å². The highest BCUT2D eigenvalue weighted by molar-refractivity contribution is 5.93. The van der Waals surface area contributed by atoms with E-state index in [4.69, 9.17) is 0 Å². The smallest absolute Gasteiger partial charge is 0.0780 e. The lowest BCUT2D eigenvalue weighted by molar-refractivity contribution is 0.577. The van der Waals surface area contributed by atoms with Gasteiger partial charge in [-0.25, -0.2) is 0 Å². The second-order valence-electron chi connectivity index (χ2n) is 5.25. The zero-order valence-electron chi connectivity index (χ0n) is 12.5. The molecule has 1 unspecified atom stereocenters. The maximum Gasteiger partial charge on any atom is 0.0780 e. The molecule has 0 aliphatic carbocycles. The molecular formula is C19H20N2. The normalized spacial score (nSPS) is 12.5. The quantitative estimate of drug-likeness (QED) is 0.755. The molecule has 3 aromatic rings. The lowest BCUT2D eigenvalue weighted by atomic mass is 9.98. The first kappa shape index (κ1) is 13.8. The molecule has 21 heavy (non-hydrogen) atoms. The molecule has 1 N–H and O–H groups in total. The van der Waals surface area contributed by atoms with Gasteiger partial charge in [0.1, 0.15) is 0 Å². The van der Waals surface area contributed by atoms with Crippen molar-refractivity contribution in [3.8, 4) is 11.1 Å². The molecule has 1 aromatic heterocycles. The molecule has 0 bridgehead atoms. The molecular weight excluding hydrogens is 256 g/mol. The third-order valence-electron chi connectivity index (χ3n) is 4.01. The van der Waals surface area contributed by atoms with Crippen LogP contribution in [-0.2, 0) is 0 Å². The molecule has 106 valence electrons. The summed E-state index contributed by atoms with van der Waals surface area (Å²) in [5.41, 5.74) is 4.80. The van der Waals surface area contributed by atoms with E-state index in [0.717, 1.165) is 11.9 Å². The highest BCUT2D eigenvalue weighted by atomic mass is 14.9. The van der Waals surface area contributed by atoms with Crippen molar-refractivity contribution in [2.24, 2.45) is 0 Å². The van der Waals surface area contributed by atoms with Gasteiger partial charge < -0.3 is 5.32 Å². The van der Waals surface area contributed by atoms with Crippen molar-refractivity contribution in [1.82, 2.24) is 10.3 Å². The van der Waals surface area contributed by atoms with Crippen LogP contribution in [0, 0.1) is 0 Å². The molecule has 2 nitrogen and oxygen atoms in total. The molecule has 0 amide bonds. The van der Waals surface area contributed by atoms with E-state index in [1.807, 2.05) is 19.3 Å². The average Bonchev–Trinajstić information content (AvgIpc) is 2.56. The third-order valence-corrected chi connectivity index (χ3v) is 4.01. The Kier molecular flexibility index (Phi) is 3.98. The molecule has 0 saturated heterocycles. The first-order chi connectivity index (χ1) is 10.3. The number of nitrogens with one attached hydrogen (secondary N) is 1. The fraction of sp³-hybridized carbons (Fsp3) is 0.211. The minimum Gasteiger partial charge on any atom is -0.313 e. The Labute approximate surface area is 125 Å². The predicted molar refractivity (Wildman–Crippen MR) is 89.3 cm³/mol. The van der Waals surface area contributed by atoms with Crippen LogP contribution in [0.15, 0.2) is 60.8 Å². The number of para-hydroxylation sites is 1. The lowest BCUT2D eigenvalue weighted by Gasteiger charge is -2.15. The summed E-state index contributed by atoms with van der Waals surface area (Å²) in [7, 11) is 2.01. The predicted octanol–water partition coefficient (Wildman–Crippen LogP) is 4.57. The third kappa shape index (κ3) is 2.67. The Morgan fingerprint density at radius 1 is 1.00 bits per heavy atom. The molecule has 0 aliphatic heterocycles. The van der Waals surface area contributed by atoms with Crippen molar-refractivity contribution in [1.29, 1.82) is 0 Å². The summed E-state index contributed by atoms with van der Waals surface area (Å²) in [6.45, 7) is 2.20. The number of nitrogens with zero attached hydrogens (tertiary/aromatic N) is 1. The van der Waals surface area contributed by atoms with Gasteiger partial charge in [0.05, 0.1) is 5.52 Å². The summed E-state index contributed by atoms with van der Waals surface area (Å²) in [6, 6.07) is 19.7. The molecule has 1 atom stereocenters. The van der Waals surface area contributed by atoms with Crippen molar-refractivity contribution in [2.75, 3.05) is 7.05 Å². The van der Waals surface area contributed by atoms with Crippen LogP contribution >= 0.6 is 0 Å². The van der Waals surface area contributed by atoms with Gasteiger partial charge in [-0.15, -0.1) is 0 Å². The van der Waals surface area contributed by atoms with E-state index in [2.05, 4.69) is 65.8 Å². The monoisotopic (exact) mass is 276 g/mol. The summed E-state index contributed by atoms with van der Waals surface area (Å²) >= 11 is 0. The van der Waals surface area contributed by atoms with E-state index in [0.29, 0.717) is 6.04 Å². The van der Waals surface area contributed by atoms with E-state index < -0.39 is 0 Å². The first-order valence-corrected chi connectivity index (χ1v) is 7.45. The van der Waals surface area contributed by atoms with Gasteiger partial charge in [-0.1, -0.05) is 55.5 Å². The van der Waals surface area contributed by atoms with Gasteiger partial charge in [0, 0.05) is 23.2 Å². The average molecular weight is 276 g/mol. The Bertz CT molecular complexity index is 723. The summed E-state index contributed by atoms with van der Waals surface area (Å²) < 4.78 is 0. The van der Waals surface area contributed by atoms with Crippen LogP contribution in [-0.4, -0.2) is 12.0 Å². The molecule has 0 fully saturated rings. The van der Waals surface area contributed by atoms with Crippen LogP contribution in [0.25, 0.3) is 22.0 Å². The minimum absolute atomic E-state index is 0.421. The fourth-order valence-electron chi connectivity index (χ4n) is 2.84.